The second kappa shape index (κ2) is 6.78. The van der Waals surface area contributed by atoms with Crippen molar-refractivity contribution < 1.29 is 4.79 Å². The molecule has 0 atom stereocenters. The predicted molar refractivity (Wildman–Crippen MR) is 96.3 cm³/mol. The van der Waals surface area contributed by atoms with Crippen LogP contribution in [-0.2, 0) is 11.3 Å². The summed E-state index contributed by atoms with van der Waals surface area (Å²) in [6.07, 6.45) is 3.05. The van der Waals surface area contributed by atoms with Crippen molar-refractivity contribution in [3.63, 3.8) is 0 Å². The number of anilines is 1. The minimum atomic E-state index is -0.402. The number of aromatic nitrogens is 4. The number of thiophene rings is 1. The molecule has 124 valence electrons. The molecule has 0 aromatic carbocycles. The van der Waals surface area contributed by atoms with Crippen LogP contribution in [0.3, 0.4) is 0 Å². The molecule has 3 aromatic heterocycles. The van der Waals surface area contributed by atoms with Gasteiger partial charge in [0.2, 0.25) is 11.9 Å². The van der Waals surface area contributed by atoms with Gasteiger partial charge in [-0.2, -0.15) is 5.10 Å². The second-order valence-electron chi connectivity index (χ2n) is 5.42. The number of amides is 1. The molecule has 1 amide bonds. The summed E-state index contributed by atoms with van der Waals surface area (Å²) in [7, 11) is 0. The summed E-state index contributed by atoms with van der Waals surface area (Å²) in [6.45, 7) is 3.81. The van der Waals surface area contributed by atoms with Crippen LogP contribution in [-0.4, -0.2) is 25.7 Å². The first-order chi connectivity index (χ1) is 11.5. The van der Waals surface area contributed by atoms with Crippen molar-refractivity contribution in [2.24, 2.45) is 0 Å². The predicted octanol–water partition coefficient (Wildman–Crippen LogP) is 2.77. The quantitative estimate of drug-likeness (QED) is 0.717. The van der Waals surface area contributed by atoms with E-state index >= 15 is 0 Å². The van der Waals surface area contributed by atoms with E-state index in [0.717, 1.165) is 14.9 Å². The molecule has 0 aliphatic heterocycles. The van der Waals surface area contributed by atoms with Gasteiger partial charge in [0.1, 0.15) is 11.2 Å². The number of fused-ring (bicyclic) bond motifs is 1. The summed E-state index contributed by atoms with van der Waals surface area (Å²) >= 11 is 4.75. The number of hydrogen-bond donors (Lipinski definition) is 1. The molecule has 9 heteroatoms. The highest BCUT2D eigenvalue weighted by atomic mass is 79.9. The highest BCUT2D eigenvalue weighted by Crippen LogP contribution is 2.31. The minimum absolute atomic E-state index is 0.126. The molecular weight excluding hydrogens is 394 g/mol. The van der Waals surface area contributed by atoms with Gasteiger partial charge < -0.3 is 0 Å². The number of halogens is 1. The van der Waals surface area contributed by atoms with E-state index in [9.17, 15) is 9.59 Å². The molecule has 0 aliphatic carbocycles. The van der Waals surface area contributed by atoms with E-state index in [1.54, 1.807) is 6.07 Å². The molecule has 0 fully saturated rings. The maximum atomic E-state index is 12.6. The van der Waals surface area contributed by atoms with Gasteiger partial charge in [0.15, 0.2) is 0 Å². The summed E-state index contributed by atoms with van der Waals surface area (Å²) in [5, 5.41) is 7.76. The van der Waals surface area contributed by atoms with Crippen molar-refractivity contribution in [3.05, 3.63) is 44.4 Å². The normalized spacial score (nSPS) is 11.2. The highest BCUT2D eigenvalue weighted by molar-refractivity contribution is 9.11. The first kappa shape index (κ1) is 16.7. The molecule has 3 aromatic rings. The lowest BCUT2D eigenvalue weighted by Crippen LogP contribution is -2.30. The van der Waals surface area contributed by atoms with Crippen LogP contribution < -0.4 is 10.9 Å². The van der Waals surface area contributed by atoms with E-state index in [1.165, 1.54) is 28.4 Å². The van der Waals surface area contributed by atoms with Crippen LogP contribution >= 0.6 is 27.3 Å². The number of nitrogens with zero attached hydrogens (tertiary/aromatic N) is 4. The highest BCUT2D eigenvalue weighted by Gasteiger charge is 2.17. The van der Waals surface area contributed by atoms with Gasteiger partial charge >= 0.3 is 0 Å². The fourth-order valence-electron chi connectivity index (χ4n) is 2.25. The van der Waals surface area contributed by atoms with Gasteiger partial charge in [-0.1, -0.05) is 13.8 Å². The van der Waals surface area contributed by atoms with Gasteiger partial charge in [0.05, 0.1) is 9.48 Å². The first-order valence-electron chi connectivity index (χ1n) is 7.22. The van der Waals surface area contributed by atoms with Gasteiger partial charge in [0, 0.05) is 17.8 Å². The molecule has 1 N–H and O–H groups in total. The lowest BCUT2D eigenvalue weighted by molar-refractivity contribution is -0.117. The second-order valence-corrected chi connectivity index (χ2v) is 7.85. The van der Waals surface area contributed by atoms with Gasteiger partial charge in [-0.3, -0.25) is 14.9 Å². The van der Waals surface area contributed by atoms with E-state index in [1.807, 2.05) is 19.9 Å². The Bertz CT molecular complexity index is 952. The summed E-state index contributed by atoms with van der Waals surface area (Å²) in [4.78, 5) is 32.6. The van der Waals surface area contributed by atoms with E-state index in [4.69, 9.17) is 0 Å². The monoisotopic (exact) mass is 407 g/mol. The SMILES string of the molecule is CC(C)c1nn(CC(=O)Nc2ncccn2)c(=O)c2sc(Br)cc12. The summed E-state index contributed by atoms with van der Waals surface area (Å²) in [6, 6.07) is 3.55. The maximum absolute atomic E-state index is 12.6. The van der Waals surface area contributed by atoms with E-state index < -0.39 is 5.91 Å². The Kier molecular flexibility index (Phi) is 4.72. The third-order valence-corrected chi connectivity index (χ3v) is 4.92. The Morgan fingerprint density at radius 2 is 2.08 bits per heavy atom. The van der Waals surface area contributed by atoms with Crippen molar-refractivity contribution in [2.75, 3.05) is 5.32 Å². The van der Waals surface area contributed by atoms with Gasteiger partial charge in [-0.25, -0.2) is 14.6 Å². The van der Waals surface area contributed by atoms with E-state index in [0.29, 0.717) is 4.70 Å². The van der Waals surface area contributed by atoms with Crippen molar-refractivity contribution >= 4 is 49.2 Å². The third-order valence-electron chi connectivity index (χ3n) is 3.29. The fraction of sp³-hybridized carbons (Fsp3) is 0.267. The molecule has 0 radical (unpaired) electrons. The molecule has 0 aliphatic rings. The van der Waals surface area contributed by atoms with Crippen LogP contribution in [0, 0.1) is 0 Å². The van der Waals surface area contributed by atoms with Crippen LogP contribution in [0.5, 0.6) is 0 Å². The lowest BCUT2D eigenvalue weighted by Gasteiger charge is -2.11. The van der Waals surface area contributed by atoms with E-state index in [-0.39, 0.29) is 24.0 Å². The van der Waals surface area contributed by atoms with Crippen molar-refractivity contribution in [1.82, 2.24) is 19.7 Å². The zero-order valence-corrected chi connectivity index (χ0v) is 15.4. The molecule has 7 nitrogen and oxygen atoms in total. The zero-order valence-electron chi connectivity index (χ0n) is 13.0. The lowest BCUT2D eigenvalue weighted by atomic mass is 10.1. The van der Waals surface area contributed by atoms with Gasteiger partial charge in [-0.05, 0) is 34.0 Å². The number of hydrogen-bond acceptors (Lipinski definition) is 6. The zero-order chi connectivity index (χ0) is 17.3. The Morgan fingerprint density at radius 1 is 1.38 bits per heavy atom. The summed E-state index contributed by atoms with van der Waals surface area (Å²) in [5.41, 5.74) is 0.504. The Balaban J connectivity index is 1.96. The standard InChI is InChI=1S/C15H14BrN5O2S/c1-8(2)12-9-6-10(16)24-13(9)14(23)21(20-12)7-11(22)19-15-17-4-3-5-18-15/h3-6,8H,7H2,1-2H3,(H,17,18,19,22). The molecule has 3 rings (SSSR count). The molecule has 24 heavy (non-hydrogen) atoms. The van der Waals surface area contributed by atoms with Crippen LogP contribution in [0.15, 0.2) is 33.1 Å². The Hall–Kier alpha value is -2.13. The van der Waals surface area contributed by atoms with Gasteiger partial charge in [0.25, 0.3) is 5.56 Å². The Labute approximate surface area is 149 Å². The van der Waals surface area contributed by atoms with Crippen molar-refractivity contribution in [2.45, 2.75) is 26.3 Å². The van der Waals surface area contributed by atoms with Crippen LogP contribution in [0.25, 0.3) is 10.1 Å². The van der Waals surface area contributed by atoms with E-state index in [2.05, 4.69) is 36.3 Å². The average Bonchev–Trinajstić information content (AvgIpc) is 2.92. The summed E-state index contributed by atoms with van der Waals surface area (Å²) in [5.74, 6) is -0.0820. The molecule has 0 bridgehead atoms. The average molecular weight is 408 g/mol. The van der Waals surface area contributed by atoms with Crippen LogP contribution in [0.1, 0.15) is 25.5 Å². The summed E-state index contributed by atoms with van der Waals surface area (Å²) < 4.78 is 2.64. The smallest absolute Gasteiger partial charge is 0.285 e. The maximum Gasteiger partial charge on any atom is 0.285 e. The number of carbonyl (C=O) groups excluding carboxylic acids is 1. The third kappa shape index (κ3) is 3.36. The molecule has 0 saturated heterocycles. The number of carbonyl (C=O) groups is 1. The Morgan fingerprint density at radius 3 is 2.75 bits per heavy atom. The minimum Gasteiger partial charge on any atom is -0.293 e. The fourth-order valence-corrected chi connectivity index (χ4v) is 3.81. The molecular formula is C15H14BrN5O2S. The largest absolute Gasteiger partial charge is 0.293 e. The van der Waals surface area contributed by atoms with Crippen molar-refractivity contribution in [1.29, 1.82) is 0 Å². The first-order valence-corrected chi connectivity index (χ1v) is 8.83. The molecule has 0 unspecified atom stereocenters. The number of rotatable bonds is 4. The van der Waals surface area contributed by atoms with Crippen LogP contribution in [0.4, 0.5) is 5.95 Å². The molecule has 3 heterocycles. The van der Waals surface area contributed by atoms with Gasteiger partial charge in [-0.15, -0.1) is 11.3 Å². The molecule has 0 saturated carbocycles. The topological polar surface area (TPSA) is 89.8 Å². The number of nitrogens with one attached hydrogen (secondary N) is 1. The van der Waals surface area contributed by atoms with Crippen LogP contribution in [0.2, 0.25) is 0 Å². The van der Waals surface area contributed by atoms with Crippen molar-refractivity contribution in [3.8, 4) is 0 Å². The molecule has 0 spiro atoms.